The molecule has 0 aliphatic carbocycles. The second-order valence-electron chi connectivity index (χ2n) is 2.64. The summed E-state index contributed by atoms with van der Waals surface area (Å²) in [5.74, 6) is 0.503. The highest BCUT2D eigenvalue weighted by molar-refractivity contribution is 6.18. The Hall–Kier alpha value is 0.140. The van der Waals surface area contributed by atoms with E-state index in [0.717, 1.165) is 13.1 Å². The maximum absolute atomic E-state index is 11.9. The Kier molecular flexibility index (Phi) is 4.12. The summed E-state index contributed by atoms with van der Waals surface area (Å²) in [6.45, 7) is 2.51. The van der Waals surface area contributed by atoms with Gasteiger partial charge in [-0.2, -0.15) is 0 Å². The molecule has 0 spiro atoms. The number of hydrogen-bond donors (Lipinski definition) is 0. The second-order valence-corrected chi connectivity index (χ2v) is 2.95. The summed E-state index contributed by atoms with van der Waals surface area (Å²) in [7, 11) is 0. The van der Waals surface area contributed by atoms with E-state index in [9.17, 15) is 4.39 Å². The lowest BCUT2D eigenvalue weighted by Crippen LogP contribution is -2.43. The molecule has 1 atom stereocenters. The summed E-state index contributed by atoms with van der Waals surface area (Å²) < 4.78 is 17.2. The van der Waals surface area contributed by atoms with Crippen molar-refractivity contribution in [2.45, 2.75) is 6.10 Å². The largest absolute Gasteiger partial charge is 0.374 e. The van der Waals surface area contributed by atoms with E-state index in [1.165, 1.54) is 0 Å². The van der Waals surface area contributed by atoms with Crippen LogP contribution >= 0.6 is 11.6 Å². The van der Waals surface area contributed by atoms with E-state index >= 15 is 0 Å². The summed E-state index contributed by atoms with van der Waals surface area (Å²) >= 11 is 5.60. The first-order valence-corrected chi connectivity index (χ1v) is 4.36. The average Bonchev–Trinajstić information content (AvgIpc) is 2.06. The van der Waals surface area contributed by atoms with E-state index < -0.39 is 0 Å². The Balaban J connectivity index is 2.21. The summed E-state index contributed by atoms with van der Waals surface area (Å²) in [4.78, 5) is 2.04. The van der Waals surface area contributed by atoms with E-state index in [2.05, 4.69) is 0 Å². The minimum Gasteiger partial charge on any atom is -0.374 e. The van der Waals surface area contributed by atoms with Crippen LogP contribution in [0.25, 0.3) is 0 Å². The number of halogens is 2. The summed E-state index contributed by atoms with van der Waals surface area (Å²) in [5, 5.41) is 0. The molecule has 1 saturated heterocycles. The van der Waals surface area contributed by atoms with Gasteiger partial charge in [0, 0.05) is 25.5 Å². The van der Waals surface area contributed by atoms with Gasteiger partial charge in [0.15, 0.2) is 0 Å². The van der Waals surface area contributed by atoms with Crippen molar-refractivity contribution in [2.75, 3.05) is 38.8 Å². The molecule has 0 aromatic heterocycles. The molecular weight excluding hydrogens is 169 g/mol. The zero-order valence-corrected chi connectivity index (χ0v) is 7.19. The standard InChI is InChI=1S/C7H13ClFNO/c8-5-7-6-10(2-1-9)3-4-11-7/h7H,1-6H2. The van der Waals surface area contributed by atoms with Crippen molar-refractivity contribution in [3.8, 4) is 0 Å². The molecule has 1 aliphatic rings. The normalized spacial score (nSPS) is 27.3. The average molecular weight is 182 g/mol. The van der Waals surface area contributed by atoms with Gasteiger partial charge in [-0.25, -0.2) is 4.39 Å². The molecule has 0 aromatic rings. The molecule has 0 aromatic carbocycles. The number of hydrogen-bond acceptors (Lipinski definition) is 2. The zero-order valence-electron chi connectivity index (χ0n) is 6.43. The van der Waals surface area contributed by atoms with Crippen molar-refractivity contribution < 1.29 is 9.13 Å². The van der Waals surface area contributed by atoms with Gasteiger partial charge in [-0.05, 0) is 0 Å². The van der Waals surface area contributed by atoms with Crippen molar-refractivity contribution in [2.24, 2.45) is 0 Å². The number of morpholine rings is 1. The maximum atomic E-state index is 11.9. The molecule has 0 saturated carbocycles. The molecule has 0 N–H and O–H groups in total. The van der Waals surface area contributed by atoms with Crippen LogP contribution in [0, 0.1) is 0 Å². The van der Waals surface area contributed by atoms with Crippen LogP contribution in [0.5, 0.6) is 0 Å². The minimum atomic E-state index is -0.283. The molecule has 2 nitrogen and oxygen atoms in total. The highest BCUT2D eigenvalue weighted by Crippen LogP contribution is 2.05. The van der Waals surface area contributed by atoms with Gasteiger partial charge in [-0.15, -0.1) is 11.6 Å². The lowest BCUT2D eigenvalue weighted by Gasteiger charge is -2.31. The van der Waals surface area contributed by atoms with E-state index in [4.69, 9.17) is 16.3 Å². The van der Waals surface area contributed by atoms with E-state index in [-0.39, 0.29) is 12.8 Å². The predicted octanol–water partition coefficient (Wildman–Crippen LogP) is 0.895. The quantitative estimate of drug-likeness (QED) is 0.600. The van der Waals surface area contributed by atoms with E-state index in [1.807, 2.05) is 4.90 Å². The van der Waals surface area contributed by atoms with Crippen molar-refractivity contribution in [3.05, 3.63) is 0 Å². The lowest BCUT2D eigenvalue weighted by molar-refractivity contribution is -0.0177. The van der Waals surface area contributed by atoms with Gasteiger partial charge in [-0.1, -0.05) is 0 Å². The van der Waals surface area contributed by atoms with Crippen molar-refractivity contribution in [3.63, 3.8) is 0 Å². The Morgan fingerprint density at radius 1 is 1.64 bits per heavy atom. The fourth-order valence-corrected chi connectivity index (χ4v) is 1.38. The highest BCUT2D eigenvalue weighted by atomic mass is 35.5. The van der Waals surface area contributed by atoms with E-state index in [1.54, 1.807) is 0 Å². The monoisotopic (exact) mass is 181 g/mol. The first kappa shape index (κ1) is 9.23. The van der Waals surface area contributed by atoms with Crippen LogP contribution in [0.3, 0.4) is 0 Å². The summed E-state index contributed by atoms with van der Waals surface area (Å²) in [6.07, 6.45) is 0.0944. The number of ether oxygens (including phenoxy) is 1. The Morgan fingerprint density at radius 3 is 3.09 bits per heavy atom. The third-order valence-corrected chi connectivity index (χ3v) is 2.14. The van der Waals surface area contributed by atoms with Gasteiger partial charge in [-0.3, -0.25) is 4.90 Å². The fraction of sp³-hybridized carbons (Fsp3) is 1.00. The predicted molar refractivity (Wildman–Crippen MR) is 42.9 cm³/mol. The molecule has 0 amide bonds. The molecular formula is C7H13ClFNO. The van der Waals surface area contributed by atoms with Crippen molar-refractivity contribution >= 4 is 11.6 Å². The SMILES string of the molecule is FCCN1CCOC(CCl)C1. The van der Waals surface area contributed by atoms with Gasteiger partial charge in [0.05, 0.1) is 12.7 Å². The number of alkyl halides is 2. The first-order valence-electron chi connectivity index (χ1n) is 3.82. The van der Waals surface area contributed by atoms with Crippen LogP contribution in [0.15, 0.2) is 0 Å². The molecule has 11 heavy (non-hydrogen) atoms. The molecule has 1 unspecified atom stereocenters. The van der Waals surface area contributed by atoms with E-state index in [0.29, 0.717) is 19.0 Å². The van der Waals surface area contributed by atoms with Gasteiger partial charge in [0.25, 0.3) is 0 Å². The number of rotatable bonds is 3. The van der Waals surface area contributed by atoms with Crippen molar-refractivity contribution in [1.29, 1.82) is 0 Å². The van der Waals surface area contributed by atoms with Gasteiger partial charge in [0.2, 0.25) is 0 Å². The lowest BCUT2D eigenvalue weighted by atomic mass is 10.3. The Bertz CT molecular complexity index is 113. The van der Waals surface area contributed by atoms with Crippen LogP contribution in [0.2, 0.25) is 0 Å². The molecule has 1 rings (SSSR count). The second kappa shape index (κ2) is 4.91. The molecule has 4 heteroatoms. The fourth-order valence-electron chi connectivity index (χ4n) is 1.20. The zero-order chi connectivity index (χ0) is 8.10. The molecule has 1 heterocycles. The van der Waals surface area contributed by atoms with Crippen LogP contribution < -0.4 is 0 Å². The molecule has 0 bridgehead atoms. The third kappa shape index (κ3) is 2.93. The van der Waals surface area contributed by atoms with Crippen LogP contribution in [0.1, 0.15) is 0 Å². The van der Waals surface area contributed by atoms with Gasteiger partial charge in [0.1, 0.15) is 6.67 Å². The summed E-state index contributed by atoms with van der Waals surface area (Å²) in [5.41, 5.74) is 0. The topological polar surface area (TPSA) is 12.5 Å². The van der Waals surface area contributed by atoms with Crippen molar-refractivity contribution in [1.82, 2.24) is 4.90 Å². The smallest absolute Gasteiger partial charge is 0.102 e. The van der Waals surface area contributed by atoms with Crippen LogP contribution in [0.4, 0.5) is 4.39 Å². The maximum Gasteiger partial charge on any atom is 0.102 e. The van der Waals surface area contributed by atoms with Crippen LogP contribution in [-0.2, 0) is 4.74 Å². The Labute approximate surface area is 71.3 Å². The highest BCUT2D eigenvalue weighted by Gasteiger charge is 2.18. The van der Waals surface area contributed by atoms with Gasteiger partial charge < -0.3 is 4.74 Å². The van der Waals surface area contributed by atoms with Crippen LogP contribution in [-0.4, -0.2) is 49.8 Å². The Morgan fingerprint density at radius 2 is 2.45 bits per heavy atom. The van der Waals surface area contributed by atoms with Gasteiger partial charge >= 0.3 is 0 Å². The molecule has 0 radical (unpaired) electrons. The molecule has 1 aliphatic heterocycles. The molecule has 1 fully saturated rings. The third-order valence-electron chi connectivity index (χ3n) is 1.80. The summed E-state index contributed by atoms with van der Waals surface area (Å²) in [6, 6.07) is 0. The first-order chi connectivity index (χ1) is 5.36. The minimum absolute atomic E-state index is 0.0944. The molecule has 66 valence electrons. The number of nitrogens with zero attached hydrogens (tertiary/aromatic N) is 1.